The third-order valence-electron chi connectivity index (χ3n) is 5.77. The number of carboxylic acids is 1. The lowest BCUT2D eigenvalue weighted by Crippen LogP contribution is -2.21. The quantitative estimate of drug-likeness (QED) is 0.285. The van der Waals surface area contributed by atoms with E-state index in [2.05, 4.69) is 48.3 Å². The number of carbonyl (C=O) groups is 1. The zero-order chi connectivity index (χ0) is 22.9. The second-order valence-corrected chi connectivity index (χ2v) is 8.91. The maximum atomic E-state index is 11.1. The molecule has 3 aromatic rings. The lowest BCUT2D eigenvalue weighted by atomic mass is 10.2. The SMILES string of the molecule is CN(c1ccccc1)c1ccc2nc3ccc(=[N+](C)c4ccc(C(=O)O)cc4)cc-3sc2c1. The van der Waals surface area contributed by atoms with E-state index in [-0.39, 0.29) is 5.56 Å². The molecule has 0 radical (unpaired) electrons. The predicted molar refractivity (Wildman–Crippen MR) is 135 cm³/mol. The van der Waals surface area contributed by atoms with Crippen LogP contribution in [0.15, 0.2) is 91.0 Å². The fourth-order valence-corrected chi connectivity index (χ4v) is 4.83. The summed E-state index contributed by atoms with van der Waals surface area (Å²) in [5.74, 6) is -0.924. The zero-order valence-corrected chi connectivity index (χ0v) is 19.1. The van der Waals surface area contributed by atoms with Gasteiger partial charge in [0.15, 0.2) is 0 Å². The van der Waals surface area contributed by atoms with Crippen molar-refractivity contribution in [3.63, 3.8) is 0 Å². The molecule has 0 spiro atoms. The molecule has 0 atom stereocenters. The van der Waals surface area contributed by atoms with Gasteiger partial charge in [0.25, 0.3) is 0 Å². The van der Waals surface area contributed by atoms with Crippen LogP contribution in [0.25, 0.3) is 20.8 Å². The van der Waals surface area contributed by atoms with E-state index in [0.717, 1.165) is 43.2 Å². The molecule has 0 bridgehead atoms. The smallest absolute Gasteiger partial charge is 0.335 e. The number of hydrogen-bond donors (Lipinski definition) is 1. The van der Waals surface area contributed by atoms with Gasteiger partial charge in [-0.15, -0.1) is 11.3 Å². The molecule has 33 heavy (non-hydrogen) atoms. The van der Waals surface area contributed by atoms with Crippen LogP contribution >= 0.6 is 11.3 Å². The van der Waals surface area contributed by atoms with Crippen LogP contribution in [0.1, 0.15) is 10.4 Å². The molecule has 0 amide bonds. The minimum Gasteiger partial charge on any atom is -0.478 e. The summed E-state index contributed by atoms with van der Waals surface area (Å²) >= 11 is 1.72. The lowest BCUT2D eigenvalue weighted by molar-refractivity contribution is 0.0697. The minimum atomic E-state index is -0.924. The Hall–Kier alpha value is -4.03. The third-order valence-corrected chi connectivity index (χ3v) is 6.86. The average molecular weight is 453 g/mol. The highest BCUT2D eigenvalue weighted by Crippen LogP contribution is 2.33. The second-order valence-electron chi connectivity index (χ2n) is 7.82. The molecule has 0 aromatic heterocycles. The van der Waals surface area contributed by atoms with Gasteiger partial charge in [-0.3, -0.25) is 0 Å². The molecule has 0 fully saturated rings. The molecule has 1 aliphatic heterocycles. The molecule has 0 saturated carbocycles. The summed E-state index contributed by atoms with van der Waals surface area (Å²) in [7, 11) is 4.04. The highest BCUT2D eigenvalue weighted by Gasteiger charge is 2.13. The summed E-state index contributed by atoms with van der Waals surface area (Å²) in [5.41, 5.74) is 5.37. The number of anilines is 2. The molecule has 6 heteroatoms. The van der Waals surface area contributed by atoms with E-state index in [9.17, 15) is 4.79 Å². The summed E-state index contributed by atoms with van der Waals surface area (Å²) < 4.78 is 3.16. The fraction of sp³-hybridized carbons (Fsp3) is 0.0741. The van der Waals surface area contributed by atoms with Gasteiger partial charge in [-0.1, -0.05) is 18.2 Å². The van der Waals surface area contributed by atoms with Crippen LogP contribution in [0.5, 0.6) is 0 Å². The summed E-state index contributed by atoms with van der Waals surface area (Å²) in [6.45, 7) is 0. The molecule has 1 heterocycles. The van der Waals surface area contributed by atoms with Gasteiger partial charge in [0.2, 0.25) is 11.0 Å². The Labute approximate surface area is 195 Å². The maximum absolute atomic E-state index is 11.1. The monoisotopic (exact) mass is 452 g/mol. The Morgan fingerprint density at radius 2 is 1.67 bits per heavy atom. The normalized spacial score (nSPS) is 12.1. The molecule has 0 saturated heterocycles. The van der Waals surface area contributed by atoms with Crippen molar-refractivity contribution in [2.24, 2.45) is 0 Å². The van der Waals surface area contributed by atoms with Crippen LogP contribution in [0, 0.1) is 0 Å². The average Bonchev–Trinajstić information content (AvgIpc) is 2.86. The van der Waals surface area contributed by atoms with Crippen molar-refractivity contribution >= 4 is 44.6 Å². The first-order valence-corrected chi connectivity index (χ1v) is 11.3. The Morgan fingerprint density at radius 3 is 2.39 bits per heavy atom. The minimum absolute atomic E-state index is 0.278. The van der Waals surface area contributed by atoms with E-state index in [1.54, 1.807) is 23.5 Å². The number of rotatable bonds is 4. The molecule has 1 aliphatic carbocycles. The molecule has 162 valence electrons. The molecular formula is C27H22N3O2S+. The number of benzene rings is 4. The van der Waals surface area contributed by atoms with E-state index in [0.29, 0.717) is 0 Å². The summed E-state index contributed by atoms with van der Waals surface area (Å²) in [5, 5.41) is 10.1. The number of fused-ring (bicyclic) bond motifs is 2. The Bertz CT molecular complexity index is 1510. The maximum Gasteiger partial charge on any atom is 0.335 e. The van der Waals surface area contributed by atoms with Crippen LogP contribution in [-0.4, -0.2) is 30.2 Å². The van der Waals surface area contributed by atoms with Crippen LogP contribution in [0.3, 0.4) is 0 Å². The Morgan fingerprint density at radius 1 is 0.909 bits per heavy atom. The highest BCUT2D eigenvalue weighted by atomic mass is 32.1. The summed E-state index contributed by atoms with van der Waals surface area (Å²) in [6.07, 6.45) is 0. The molecule has 3 aromatic carbocycles. The molecule has 2 aliphatic rings. The van der Waals surface area contributed by atoms with Gasteiger partial charge in [0, 0.05) is 42.7 Å². The van der Waals surface area contributed by atoms with Gasteiger partial charge in [0.1, 0.15) is 7.05 Å². The van der Waals surface area contributed by atoms with Crippen molar-refractivity contribution in [2.75, 3.05) is 19.0 Å². The van der Waals surface area contributed by atoms with Crippen molar-refractivity contribution < 1.29 is 9.90 Å². The first-order chi connectivity index (χ1) is 16.0. The van der Waals surface area contributed by atoms with Crippen molar-refractivity contribution in [3.05, 3.63) is 102 Å². The zero-order valence-electron chi connectivity index (χ0n) is 18.3. The topological polar surface area (TPSA) is 56.4 Å². The number of hydrogen-bond acceptors (Lipinski definition) is 4. The van der Waals surface area contributed by atoms with E-state index >= 15 is 0 Å². The van der Waals surface area contributed by atoms with E-state index in [4.69, 9.17) is 10.1 Å². The third kappa shape index (κ3) is 4.08. The largest absolute Gasteiger partial charge is 0.478 e. The number of para-hydroxylation sites is 1. The van der Waals surface area contributed by atoms with E-state index in [1.165, 1.54) is 0 Å². The van der Waals surface area contributed by atoms with Gasteiger partial charge in [-0.2, -0.15) is 4.58 Å². The van der Waals surface area contributed by atoms with Gasteiger partial charge < -0.3 is 10.0 Å². The fourth-order valence-electron chi connectivity index (χ4n) is 3.80. The standard InChI is InChI=1S/C27H21N3O2S/c1-29(19-6-4-3-5-7-19)21-12-14-23-25(16-21)33-26-17-22(13-15-24(26)28-23)30(2)20-10-8-18(9-11-20)27(31)32/h3-17H,1-2H3/p+1. The highest BCUT2D eigenvalue weighted by molar-refractivity contribution is 7.21. The van der Waals surface area contributed by atoms with Crippen molar-refractivity contribution in [3.8, 4) is 10.6 Å². The van der Waals surface area contributed by atoms with Gasteiger partial charge in [0.05, 0.1) is 26.4 Å². The van der Waals surface area contributed by atoms with Crippen LogP contribution in [-0.2, 0) is 0 Å². The van der Waals surface area contributed by atoms with Crippen LogP contribution in [0.4, 0.5) is 17.1 Å². The molecular weight excluding hydrogens is 430 g/mol. The van der Waals surface area contributed by atoms with E-state index in [1.807, 2.05) is 54.1 Å². The van der Waals surface area contributed by atoms with Gasteiger partial charge >= 0.3 is 5.97 Å². The molecule has 5 nitrogen and oxygen atoms in total. The van der Waals surface area contributed by atoms with Crippen LogP contribution in [0.2, 0.25) is 0 Å². The number of aromatic carboxylic acids is 1. The Kier molecular flexibility index (Phi) is 5.36. The van der Waals surface area contributed by atoms with Crippen molar-refractivity contribution in [1.29, 1.82) is 0 Å². The second kappa shape index (κ2) is 8.48. The molecule has 5 rings (SSSR count). The summed E-state index contributed by atoms with van der Waals surface area (Å²) in [6, 6.07) is 29.7. The van der Waals surface area contributed by atoms with Crippen LogP contribution < -0.4 is 14.8 Å². The Balaban J connectivity index is 1.58. The van der Waals surface area contributed by atoms with Crippen molar-refractivity contribution in [1.82, 2.24) is 9.56 Å². The number of carboxylic acid groups (broad SMARTS) is 1. The molecule has 0 unspecified atom stereocenters. The first-order valence-electron chi connectivity index (χ1n) is 10.5. The van der Waals surface area contributed by atoms with E-state index < -0.39 is 5.97 Å². The van der Waals surface area contributed by atoms with Gasteiger partial charge in [-0.25, -0.2) is 9.78 Å². The first kappa shape index (κ1) is 20.8. The summed E-state index contributed by atoms with van der Waals surface area (Å²) in [4.78, 5) is 19.3. The number of nitrogens with zero attached hydrogens (tertiary/aromatic N) is 3. The van der Waals surface area contributed by atoms with Crippen molar-refractivity contribution in [2.45, 2.75) is 0 Å². The molecule has 1 N–H and O–H groups in total. The lowest BCUT2D eigenvalue weighted by Gasteiger charge is -2.20. The van der Waals surface area contributed by atoms with Gasteiger partial charge in [-0.05, 0) is 48.5 Å². The predicted octanol–water partition coefficient (Wildman–Crippen LogP) is 5.60. The number of aromatic nitrogens is 1.